The number of benzene rings is 1. The Morgan fingerprint density at radius 2 is 1.83 bits per heavy atom. The maximum Gasteiger partial charge on any atom is 0.252 e. The monoisotopic (exact) mass is 454 g/mol. The highest BCUT2D eigenvalue weighted by Crippen LogP contribution is 2.14. The second-order valence-electron chi connectivity index (χ2n) is 4.36. The van der Waals surface area contributed by atoms with E-state index in [0.717, 1.165) is 0 Å². The van der Waals surface area contributed by atoms with Crippen LogP contribution in [-0.4, -0.2) is 51.8 Å². The van der Waals surface area contributed by atoms with Gasteiger partial charge in [-0.2, -0.15) is 0 Å². The molecule has 6 nitrogen and oxygen atoms in total. The normalized spacial score (nSPS) is 10.7. The lowest BCUT2D eigenvalue weighted by Crippen LogP contribution is -2.42. The van der Waals surface area contributed by atoms with E-state index in [0.29, 0.717) is 49.4 Å². The Morgan fingerprint density at radius 1 is 1.17 bits per heavy atom. The van der Waals surface area contributed by atoms with Crippen LogP contribution < -0.4 is 16.0 Å². The number of nitrogens with one attached hydrogen (secondary N) is 3. The third kappa shape index (κ3) is 8.97. The maximum atomic E-state index is 11.9. The molecule has 0 heterocycles. The third-order valence-electron chi connectivity index (χ3n) is 2.79. The Kier molecular flexibility index (Phi) is 12.8. The molecule has 0 aliphatic carbocycles. The van der Waals surface area contributed by atoms with Gasteiger partial charge in [-0.25, -0.2) is 0 Å². The minimum Gasteiger partial charge on any atom is -0.380 e. The standard InChI is InChI=1S/C15H23ClN4O2.HI/c1-3-22-11-10-20-15(17-2)19-9-8-18-14(21)12-6-4-5-7-13(12)16;/h4-7H,3,8-11H2,1-2H3,(H,18,21)(H2,17,19,20);1H. The molecule has 0 unspecified atom stereocenters. The van der Waals surface area contributed by atoms with Crippen LogP contribution in [0.25, 0.3) is 0 Å². The van der Waals surface area contributed by atoms with Crippen LogP contribution in [0.1, 0.15) is 17.3 Å². The number of rotatable bonds is 8. The first-order chi connectivity index (χ1) is 10.7. The topological polar surface area (TPSA) is 74.8 Å². The van der Waals surface area contributed by atoms with Crippen LogP contribution in [0.5, 0.6) is 0 Å². The lowest BCUT2D eigenvalue weighted by molar-refractivity contribution is 0.0954. The minimum absolute atomic E-state index is 0. The van der Waals surface area contributed by atoms with Gasteiger partial charge in [-0.05, 0) is 19.1 Å². The number of hydrogen-bond donors (Lipinski definition) is 3. The van der Waals surface area contributed by atoms with Crippen molar-refractivity contribution < 1.29 is 9.53 Å². The lowest BCUT2D eigenvalue weighted by Gasteiger charge is -2.12. The average molecular weight is 455 g/mol. The predicted molar refractivity (Wildman–Crippen MR) is 105 cm³/mol. The molecule has 130 valence electrons. The Labute approximate surface area is 159 Å². The van der Waals surface area contributed by atoms with Crippen LogP contribution in [0, 0.1) is 0 Å². The molecule has 0 spiro atoms. The number of halogens is 2. The summed E-state index contributed by atoms with van der Waals surface area (Å²) in [5, 5.41) is 9.46. The maximum absolute atomic E-state index is 11.9. The number of aliphatic imine (C=N–C) groups is 1. The van der Waals surface area contributed by atoms with Gasteiger partial charge < -0.3 is 20.7 Å². The second kappa shape index (κ2) is 13.4. The fourth-order valence-corrected chi connectivity index (χ4v) is 1.93. The molecule has 0 saturated carbocycles. The van der Waals surface area contributed by atoms with Crippen molar-refractivity contribution in [3.05, 3.63) is 34.9 Å². The highest BCUT2D eigenvalue weighted by molar-refractivity contribution is 14.0. The lowest BCUT2D eigenvalue weighted by atomic mass is 10.2. The molecule has 3 N–H and O–H groups in total. The summed E-state index contributed by atoms with van der Waals surface area (Å²) >= 11 is 5.97. The number of carbonyl (C=O) groups excluding carboxylic acids is 1. The summed E-state index contributed by atoms with van der Waals surface area (Å²) in [6.07, 6.45) is 0. The van der Waals surface area contributed by atoms with Crippen molar-refractivity contribution in [3.8, 4) is 0 Å². The van der Waals surface area contributed by atoms with Gasteiger partial charge in [0, 0.05) is 33.3 Å². The number of nitrogens with zero attached hydrogens (tertiary/aromatic N) is 1. The Bertz CT molecular complexity index is 500. The zero-order chi connectivity index (χ0) is 16.2. The minimum atomic E-state index is -0.188. The third-order valence-corrected chi connectivity index (χ3v) is 3.12. The average Bonchev–Trinajstić information content (AvgIpc) is 2.53. The van der Waals surface area contributed by atoms with E-state index < -0.39 is 0 Å². The van der Waals surface area contributed by atoms with Crippen LogP contribution in [0.4, 0.5) is 0 Å². The van der Waals surface area contributed by atoms with Crippen LogP contribution in [0.15, 0.2) is 29.3 Å². The van der Waals surface area contributed by atoms with Gasteiger partial charge in [0.15, 0.2) is 5.96 Å². The van der Waals surface area contributed by atoms with Crippen LogP contribution in [0.3, 0.4) is 0 Å². The quantitative estimate of drug-likeness (QED) is 0.243. The highest BCUT2D eigenvalue weighted by atomic mass is 127. The van der Waals surface area contributed by atoms with Gasteiger partial charge >= 0.3 is 0 Å². The number of ether oxygens (including phenoxy) is 1. The zero-order valence-electron chi connectivity index (χ0n) is 13.4. The molecular formula is C15H24ClIN4O2. The number of amides is 1. The van der Waals surface area contributed by atoms with E-state index in [9.17, 15) is 4.79 Å². The first-order valence-corrected chi connectivity index (χ1v) is 7.61. The molecule has 0 atom stereocenters. The summed E-state index contributed by atoms with van der Waals surface area (Å²) in [5.41, 5.74) is 0.475. The molecule has 1 rings (SSSR count). The van der Waals surface area contributed by atoms with Gasteiger partial charge in [0.05, 0.1) is 17.2 Å². The van der Waals surface area contributed by atoms with Gasteiger partial charge in [0.1, 0.15) is 0 Å². The molecule has 0 radical (unpaired) electrons. The number of carbonyl (C=O) groups is 1. The molecule has 0 aliphatic heterocycles. The Hall–Kier alpha value is -1.06. The summed E-state index contributed by atoms with van der Waals surface area (Å²) in [6, 6.07) is 6.96. The van der Waals surface area contributed by atoms with E-state index in [4.69, 9.17) is 16.3 Å². The fourth-order valence-electron chi connectivity index (χ4n) is 1.70. The largest absolute Gasteiger partial charge is 0.380 e. The Balaban J connectivity index is 0.00000484. The van der Waals surface area contributed by atoms with E-state index in [-0.39, 0.29) is 29.9 Å². The summed E-state index contributed by atoms with van der Waals surface area (Å²) in [4.78, 5) is 16.0. The summed E-state index contributed by atoms with van der Waals surface area (Å²) in [6.45, 7) is 4.98. The molecular weight excluding hydrogens is 431 g/mol. The molecule has 0 aliphatic rings. The van der Waals surface area contributed by atoms with Crippen LogP contribution in [0.2, 0.25) is 5.02 Å². The van der Waals surface area contributed by atoms with E-state index in [1.807, 2.05) is 6.92 Å². The molecule has 0 fully saturated rings. The first kappa shape index (κ1) is 21.9. The van der Waals surface area contributed by atoms with E-state index >= 15 is 0 Å². The number of hydrogen-bond acceptors (Lipinski definition) is 3. The van der Waals surface area contributed by atoms with Crippen molar-refractivity contribution >= 4 is 47.4 Å². The summed E-state index contributed by atoms with van der Waals surface area (Å²) in [7, 11) is 1.69. The molecule has 1 aromatic carbocycles. The van der Waals surface area contributed by atoms with Gasteiger partial charge in [0.25, 0.3) is 5.91 Å². The van der Waals surface area contributed by atoms with Gasteiger partial charge in [-0.3, -0.25) is 9.79 Å². The number of guanidine groups is 1. The van der Waals surface area contributed by atoms with Crippen molar-refractivity contribution in [1.82, 2.24) is 16.0 Å². The predicted octanol–water partition coefficient (Wildman–Crippen LogP) is 1.89. The van der Waals surface area contributed by atoms with Gasteiger partial charge in [0.2, 0.25) is 0 Å². The second-order valence-corrected chi connectivity index (χ2v) is 4.77. The molecule has 1 amide bonds. The summed E-state index contributed by atoms with van der Waals surface area (Å²) in [5.74, 6) is 0.485. The Morgan fingerprint density at radius 3 is 2.48 bits per heavy atom. The van der Waals surface area contributed by atoms with Crippen molar-refractivity contribution in [3.63, 3.8) is 0 Å². The van der Waals surface area contributed by atoms with Crippen LogP contribution >= 0.6 is 35.6 Å². The van der Waals surface area contributed by atoms with E-state index in [2.05, 4.69) is 20.9 Å². The van der Waals surface area contributed by atoms with Crippen molar-refractivity contribution in [2.75, 3.05) is 39.9 Å². The van der Waals surface area contributed by atoms with Crippen LogP contribution in [-0.2, 0) is 4.74 Å². The van der Waals surface area contributed by atoms with Crippen molar-refractivity contribution in [2.45, 2.75) is 6.92 Å². The molecule has 1 aromatic rings. The molecule has 0 bridgehead atoms. The smallest absolute Gasteiger partial charge is 0.252 e. The van der Waals surface area contributed by atoms with Gasteiger partial charge in [-0.1, -0.05) is 23.7 Å². The fraction of sp³-hybridized carbons (Fsp3) is 0.467. The molecule has 0 saturated heterocycles. The SMILES string of the molecule is CCOCCNC(=NC)NCCNC(=O)c1ccccc1Cl.I. The summed E-state index contributed by atoms with van der Waals surface area (Å²) < 4.78 is 5.23. The van der Waals surface area contributed by atoms with E-state index in [1.54, 1.807) is 31.3 Å². The van der Waals surface area contributed by atoms with Crippen molar-refractivity contribution in [2.24, 2.45) is 4.99 Å². The van der Waals surface area contributed by atoms with Crippen molar-refractivity contribution in [1.29, 1.82) is 0 Å². The zero-order valence-corrected chi connectivity index (χ0v) is 16.5. The highest BCUT2D eigenvalue weighted by Gasteiger charge is 2.08. The van der Waals surface area contributed by atoms with E-state index in [1.165, 1.54) is 0 Å². The van der Waals surface area contributed by atoms with Gasteiger partial charge in [-0.15, -0.1) is 24.0 Å². The molecule has 23 heavy (non-hydrogen) atoms. The molecule has 0 aromatic heterocycles. The first-order valence-electron chi connectivity index (χ1n) is 7.24. The molecule has 8 heteroatoms.